The van der Waals surface area contributed by atoms with Crippen LogP contribution in [0.4, 0.5) is 0 Å². The van der Waals surface area contributed by atoms with Crippen LogP contribution in [-0.4, -0.2) is 18.4 Å². The van der Waals surface area contributed by atoms with Crippen LogP contribution in [0.15, 0.2) is 77.8 Å². The summed E-state index contributed by atoms with van der Waals surface area (Å²) >= 11 is 1.51. The molecule has 1 aromatic heterocycles. The molecular weight excluding hydrogens is 380 g/mol. The molecule has 3 aromatic rings. The molecule has 0 radical (unpaired) electrons. The molecule has 0 saturated carbocycles. The van der Waals surface area contributed by atoms with Crippen molar-refractivity contribution >= 4 is 29.2 Å². The highest BCUT2D eigenvalue weighted by atomic mass is 32.1. The van der Waals surface area contributed by atoms with Gasteiger partial charge in [0.2, 0.25) is 0 Å². The number of thiophene rings is 1. The molecule has 2 amide bonds. The van der Waals surface area contributed by atoms with Crippen molar-refractivity contribution in [1.29, 1.82) is 0 Å². The molecule has 0 spiro atoms. The number of hydrogen-bond donors (Lipinski definition) is 2. The summed E-state index contributed by atoms with van der Waals surface area (Å²) in [4.78, 5) is 26.2. The van der Waals surface area contributed by atoms with Crippen molar-refractivity contribution in [3.05, 3.63) is 99.4 Å². The Bertz CT molecular complexity index is 962. The number of carbonyl (C=O) groups is 2. The van der Waals surface area contributed by atoms with Gasteiger partial charge in [-0.2, -0.15) is 0 Å². The largest absolute Gasteiger partial charge is 0.351 e. The minimum Gasteiger partial charge on any atom is -0.351 e. The number of benzene rings is 2. The van der Waals surface area contributed by atoms with Crippen LogP contribution < -0.4 is 10.6 Å². The van der Waals surface area contributed by atoms with E-state index in [1.165, 1.54) is 16.9 Å². The minimum absolute atomic E-state index is 0.248. The highest BCUT2D eigenvalue weighted by Gasteiger charge is 2.14. The van der Waals surface area contributed by atoms with Crippen LogP contribution in [-0.2, 0) is 11.2 Å². The third-order valence-corrected chi connectivity index (χ3v) is 5.23. The van der Waals surface area contributed by atoms with E-state index in [0.717, 1.165) is 23.3 Å². The Labute approximate surface area is 175 Å². The average Bonchev–Trinajstić information content (AvgIpc) is 3.25. The van der Waals surface area contributed by atoms with Crippen molar-refractivity contribution in [2.75, 3.05) is 6.54 Å². The summed E-state index contributed by atoms with van der Waals surface area (Å²) in [5.41, 5.74) is 3.08. The van der Waals surface area contributed by atoms with E-state index in [1.54, 1.807) is 18.2 Å². The van der Waals surface area contributed by atoms with Gasteiger partial charge in [-0.1, -0.05) is 54.1 Å². The zero-order valence-electron chi connectivity index (χ0n) is 16.4. The number of aryl methyl sites for hydroxylation is 2. The second kappa shape index (κ2) is 10.4. The highest BCUT2D eigenvalue weighted by Crippen LogP contribution is 2.13. The summed E-state index contributed by atoms with van der Waals surface area (Å²) in [7, 11) is 0. The molecule has 0 atom stereocenters. The second-order valence-electron chi connectivity index (χ2n) is 6.74. The van der Waals surface area contributed by atoms with Gasteiger partial charge in [0, 0.05) is 17.0 Å². The number of carbonyl (C=O) groups excluding carboxylic acids is 2. The van der Waals surface area contributed by atoms with Gasteiger partial charge >= 0.3 is 0 Å². The lowest BCUT2D eigenvalue weighted by atomic mass is 10.1. The fourth-order valence-corrected chi connectivity index (χ4v) is 3.47. The SMILES string of the molecule is Cc1ccc(C(=O)N/C(=C\c2cccs2)C(=O)NCCCc2ccccc2)cc1. The maximum Gasteiger partial charge on any atom is 0.267 e. The van der Waals surface area contributed by atoms with Crippen LogP contribution in [0.3, 0.4) is 0 Å². The average molecular weight is 405 g/mol. The van der Waals surface area contributed by atoms with Gasteiger partial charge in [0.25, 0.3) is 11.8 Å². The number of rotatable bonds is 8. The molecule has 0 unspecified atom stereocenters. The van der Waals surface area contributed by atoms with Gasteiger partial charge in [0.15, 0.2) is 0 Å². The van der Waals surface area contributed by atoms with Crippen molar-refractivity contribution in [2.24, 2.45) is 0 Å². The summed E-state index contributed by atoms with van der Waals surface area (Å²) in [5, 5.41) is 7.61. The predicted octanol–water partition coefficient (Wildman–Crippen LogP) is 4.58. The number of amides is 2. The zero-order chi connectivity index (χ0) is 20.5. The predicted molar refractivity (Wildman–Crippen MR) is 119 cm³/mol. The lowest BCUT2D eigenvalue weighted by molar-refractivity contribution is -0.117. The molecule has 0 fully saturated rings. The summed E-state index contributed by atoms with van der Waals surface area (Å²) in [6.45, 7) is 2.50. The summed E-state index contributed by atoms with van der Waals surface area (Å²) < 4.78 is 0. The molecule has 0 aliphatic carbocycles. The Morgan fingerprint density at radius 1 is 0.966 bits per heavy atom. The zero-order valence-corrected chi connectivity index (χ0v) is 17.2. The van der Waals surface area contributed by atoms with E-state index in [4.69, 9.17) is 0 Å². The van der Waals surface area contributed by atoms with Gasteiger partial charge in [-0.15, -0.1) is 11.3 Å². The number of nitrogens with one attached hydrogen (secondary N) is 2. The lowest BCUT2D eigenvalue weighted by Crippen LogP contribution is -2.35. The summed E-state index contributed by atoms with van der Waals surface area (Å²) in [6.07, 6.45) is 3.43. The van der Waals surface area contributed by atoms with Crippen molar-refractivity contribution in [1.82, 2.24) is 10.6 Å². The molecule has 2 aromatic carbocycles. The first-order valence-corrected chi connectivity index (χ1v) is 10.4. The standard InChI is InChI=1S/C24H24N2O2S/c1-18-11-13-20(14-12-18)23(27)26-22(17-21-10-6-16-29-21)24(28)25-15-5-9-19-7-3-2-4-8-19/h2-4,6-8,10-14,16-17H,5,9,15H2,1H3,(H,25,28)(H,26,27)/b22-17-. The van der Waals surface area contributed by atoms with E-state index < -0.39 is 0 Å². The highest BCUT2D eigenvalue weighted by molar-refractivity contribution is 7.10. The first-order valence-electron chi connectivity index (χ1n) is 9.57. The van der Waals surface area contributed by atoms with Crippen molar-refractivity contribution < 1.29 is 9.59 Å². The molecule has 29 heavy (non-hydrogen) atoms. The van der Waals surface area contributed by atoms with Crippen LogP contribution in [0, 0.1) is 6.92 Å². The third kappa shape index (κ3) is 6.43. The topological polar surface area (TPSA) is 58.2 Å². The summed E-state index contributed by atoms with van der Waals surface area (Å²) in [6, 6.07) is 21.2. The fourth-order valence-electron chi connectivity index (χ4n) is 2.81. The van der Waals surface area contributed by atoms with E-state index in [0.29, 0.717) is 12.1 Å². The van der Waals surface area contributed by atoms with Crippen LogP contribution in [0.1, 0.15) is 32.8 Å². The van der Waals surface area contributed by atoms with E-state index in [2.05, 4.69) is 22.8 Å². The molecular formula is C24H24N2O2S. The van der Waals surface area contributed by atoms with Gasteiger partial charge in [0.05, 0.1) is 0 Å². The van der Waals surface area contributed by atoms with Crippen LogP contribution >= 0.6 is 11.3 Å². The Kier molecular flexibility index (Phi) is 7.36. The van der Waals surface area contributed by atoms with Gasteiger partial charge < -0.3 is 10.6 Å². The first-order chi connectivity index (χ1) is 14.1. The van der Waals surface area contributed by atoms with Crippen LogP contribution in [0.5, 0.6) is 0 Å². The normalized spacial score (nSPS) is 11.1. The number of hydrogen-bond acceptors (Lipinski definition) is 3. The Morgan fingerprint density at radius 2 is 1.72 bits per heavy atom. The Morgan fingerprint density at radius 3 is 2.41 bits per heavy atom. The Hall–Kier alpha value is -3.18. The van der Waals surface area contributed by atoms with Crippen molar-refractivity contribution in [3.63, 3.8) is 0 Å². The molecule has 3 rings (SSSR count). The quantitative estimate of drug-likeness (QED) is 0.427. The molecule has 1 heterocycles. The molecule has 0 saturated heterocycles. The van der Waals surface area contributed by atoms with Gasteiger partial charge in [-0.25, -0.2) is 0 Å². The molecule has 148 valence electrons. The minimum atomic E-state index is -0.299. The molecule has 0 aliphatic rings. The molecule has 2 N–H and O–H groups in total. The van der Waals surface area contributed by atoms with Crippen LogP contribution in [0.2, 0.25) is 0 Å². The monoisotopic (exact) mass is 404 g/mol. The van der Waals surface area contributed by atoms with E-state index in [-0.39, 0.29) is 17.5 Å². The maximum absolute atomic E-state index is 12.7. The van der Waals surface area contributed by atoms with E-state index in [1.807, 2.05) is 54.8 Å². The third-order valence-electron chi connectivity index (χ3n) is 4.41. The molecule has 4 nitrogen and oxygen atoms in total. The van der Waals surface area contributed by atoms with Crippen molar-refractivity contribution in [3.8, 4) is 0 Å². The first kappa shape index (κ1) is 20.6. The maximum atomic E-state index is 12.7. The lowest BCUT2D eigenvalue weighted by Gasteiger charge is -2.11. The van der Waals surface area contributed by atoms with Gasteiger partial charge in [0.1, 0.15) is 5.70 Å². The molecule has 5 heteroatoms. The summed E-state index contributed by atoms with van der Waals surface area (Å²) in [5.74, 6) is -0.584. The van der Waals surface area contributed by atoms with Crippen LogP contribution in [0.25, 0.3) is 6.08 Å². The van der Waals surface area contributed by atoms with E-state index in [9.17, 15) is 9.59 Å². The van der Waals surface area contributed by atoms with Gasteiger partial charge in [-0.3, -0.25) is 9.59 Å². The van der Waals surface area contributed by atoms with Gasteiger partial charge in [-0.05, 0) is 55.0 Å². The molecule has 0 aliphatic heterocycles. The Balaban J connectivity index is 1.62. The molecule has 0 bridgehead atoms. The van der Waals surface area contributed by atoms with E-state index >= 15 is 0 Å². The second-order valence-corrected chi connectivity index (χ2v) is 7.72. The van der Waals surface area contributed by atoms with Crippen molar-refractivity contribution in [2.45, 2.75) is 19.8 Å². The smallest absolute Gasteiger partial charge is 0.267 e. The fraction of sp³-hybridized carbons (Fsp3) is 0.167.